The molecule has 0 radical (unpaired) electrons. The van der Waals surface area contributed by atoms with Crippen LogP contribution < -0.4 is 0 Å². The van der Waals surface area contributed by atoms with Gasteiger partial charge in [-0.1, -0.05) is 41.9 Å². The number of nitrogens with zero attached hydrogens (tertiary/aromatic N) is 2. The van der Waals surface area contributed by atoms with Crippen LogP contribution in [0.2, 0.25) is 5.02 Å². The van der Waals surface area contributed by atoms with E-state index >= 15 is 0 Å². The van der Waals surface area contributed by atoms with E-state index in [1.807, 2.05) is 24.3 Å². The van der Waals surface area contributed by atoms with Gasteiger partial charge in [0.15, 0.2) is 0 Å². The van der Waals surface area contributed by atoms with Crippen molar-refractivity contribution in [2.45, 2.75) is 0 Å². The molecule has 19 heavy (non-hydrogen) atoms. The molecule has 94 valence electrons. The van der Waals surface area contributed by atoms with Gasteiger partial charge in [-0.05, 0) is 18.2 Å². The largest absolute Gasteiger partial charge is 0.237 e. The number of aromatic nitrogens is 2. The lowest BCUT2D eigenvalue weighted by Gasteiger charge is -2.02. The molecule has 0 fully saturated rings. The van der Waals surface area contributed by atoms with Crippen LogP contribution in [0, 0.1) is 5.82 Å². The predicted molar refractivity (Wildman–Crippen MR) is 74.0 cm³/mol. The van der Waals surface area contributed by atoms with Gasteiger partial charge in [-0.2, -0.15) is 5.10 Å². The van der Waals surface area contributed by atoms with Gasteiger partial charge in [0.05, 0.1) is 6.20 Å². The Morgan fingerprint density at radius 3 is 2.53 bits per heavy atom. The molecule has 0 aliphatic heterocycles. The van der Waals surface area contributed by atoms with Gasteiger partial charge in [-0.15, -0.1) is 0 Å². The van der Waals surface area contributed by atoms with Gasteiger partial charge in [0, 0.05) is 22.3 Å². The van der Waals surface area contributed by atoms with E-state index in [9.17, 15) is 4.39 Å². The summed E-state index contributed by atoms with van der Waals surface area (Å²) < 4.78 is 15.2. The van der Waals surface area contributed by atoms with E-state index in [4.69, 9.17) is 11.6 Å². The molecule has 3 rings (SSSR count). The zero-order valence-corrected chi connectivity index (χ0v) is 10.7. The van der Waals surface area contributed by atoms with Crippen molar-refractivity contribution in [2.75, 3.05) is 0 Å². The maximum atomic E-state index is 13.7. The number of halogens is 2. The summed E-state index contributed by atoms with van der Waals surface area (Å²) in [5.41, 5.74) is 2.15. The monoisotopic (exact) mass is 272 g/mol. The Bertz CT molecular complexity index is 661. The maximum Gasteiger partial charge on any atom is 0.148 e. The van der Waals surface area contributed by atoms with E-state index in [-0.39, 0.29) is 5.82 Å². The van der Waals surface area contributed by atoms with Crippen LogP contribution in [0.15, 0.2) is 60.9 Å². The van der Waals surface area contributed by atoms with Gasteiger partial charge in [0.25, 0.3) is 0 Å². The second kappa shape index (κ2) is 4.86. The molecular formula is C15H10ClFN2. The van der Waals surface area contributed by atoms with Crippen LogP contribution in [0.1, 0.15) is 0 Å². The molecule has 0 spiro atoms. The second-order valence-electron chi connectivity index (χ2n) is 4.10. The fourth-order valence-corrected chi connectivity index (χ4v) is 2.17. The van der Waals surface area contributed by atoms with Crippen molar-refractivity contribution in [3.8, 4) is 16.8 Å². The van der Waals surface area contributed by atoms with E-state index in [0.717, 1.165) is 11.1 Å². The van der Waals surface area contributed by atoms with Crippen molar-refractivity contribution in [3.05, 3.63) is 71.8 Å². The zero-order valence-electron chi connectivity index (χ0n) is 9.92. The smallest absolute Gasteiger partial charge is 0.148 e. The highest BCUT2D eigenvalue weighted by Gasteiger charge is 2.08. The first-order valence-electron chi connectivity index (χ1n) is 5.80. The number of hydrogen-bond donors (Lipinski definition) is 0. The molecule has 1 heterocycles. The summed E-state index contributed by atoms with van der Waals surface area (Å²) in [7, 11) is 0. The van der Waals surface area contributed by atoms with Crippen molar-refractivity contribution in [1.82, 2.24) is 9.78 Å². The standard InChI is InChI=1S/C15H10ClFN2/c16-13-6-2-1-5-12(13)11-9-18-19(10-11)15-8-4-3-7-14(15)17/h1-10H. The molecule has 4 heteroatoms. The van der Waals surface area contributed by atoms with Crippen molar-refractivity contribution in [1.29, 1.82) is 0 Å². The molecule has 0 amide bonds. The Hall–Kier alpha value is -2.13. The number of hydrogen-bond acceptors (Lipinski definition) is 1. The van der Waals surface area contributed by atoms with Crippen LogP contribution in [0.5, 0.6) is 0 Å². The molecule has 0 unspecified atom stereocenters. The Morgan fingerprint density at radius 1 is 1.00 bits per heavy atom. The predicted octanol–water partition coefficient (Wildman–Crippen LogP) is 4.33. The summed E-state index contributed by atoms with van der Waals surface area (Å²) in [4.78, 5) is 0. The average Bonchev–Trinajstić information content (AvgIpc) is 2.89. The van der Waals surface area contributed by atoms with Crippen molar-refractivity contribution in [3.63, 3.8) is 0 Å². The lowest BCUT2D eigenvalue weighted by Crippen LogP contribution is -1.96. The van der Waals surface area contributed by atoms with Crippen molar-refractivity contribution in [2.24, 2.45) is 0 Å². The average molecular weight is 273 g/mol. The van der Waals surface area contributed by atoms with Gasteiger partial charge < -0.3 is 0 Å². The van der Waals surface area contributed by atoms with E-state index in [1.54, 1.807) is 30.6 Å². The molecule has 0 N–H and O–H groups in total. The quantitative estimate of drug-likeness (QED) is 0.679. The van der Waals surface area contributed by atoms with Crippen LogP contribution in [-0.2, 0) is 0 Å². The number of rotatable bonds is 2. The summed E-state index contributed by atoms with van der Waals surface area (Å²) in [5.74, 6) is -0.309. The topological polar surface area (TPSA) is 17.8 Å². The Balaban J connectivity index is 2.06. The normalized spacial score (nSPS) is 10.6. The first kappa shape index (κ1) is 11.9. The molecule has 0 atom stereocenters. The lowest BCUT2D eigenvalue weighted by atomic mass is 10.1. The Kier molecular flexibility index (Phi) is 3.05. The fraction of sp³-hybridized carbons (Fsp3) is 0. The number of benzene rings is 2. The van der Waals surface area contributed by atoms with E-state index in [2.05, 4.69) is 5.10 Å². The molecule has 3 aromatic rings. The Morgan fingerprint density at radius 2 is 1.74 bits per heavy atom. The second-order valence-corrected chi connectivity index (χ2v) is 4.51. The van der Waals surface area contributed by atoms with Gasteiger partial charge in [0.1, 0.15) is 11.5 Å². The van der Waals surface area contributed by atoms with Gasteiger partial charge >= 0.3 is 0 Å². The van der Waals surface area contributed by atoms with Crippen LogP contribution in [0.4, 0.5) is 4.39 Å². The summed E-state index contributed by atoms with van der Waals surface area (Å²) >= 11 is 6.13. The lowest BCUT2D eigenvalue weighted by molar-refractivity contribution is 0.611. The molecular weight excluding hydrogens is 263 g/mol. The van der Waals surface area contributed by atoms with Gasteiger partial charge in [-0.3, -0.25) is 0 Å². The minimum absolute atomic E-state index is 0.309. The summed E-state index contributed by atoms with van der Waals surface area (Å²) in [6, 6.07) is 14.0. The summed E-state index contributed by atoms with van der Waals surface area (Å²) in [5, 5.41) is 4.83. The third-order valence-electron chi connectivity index (χ3n) is 2.87. The van der Waals surface area contributed by atoms with E-state index in [1.165, 1.54) is 10.7 Å². The molecule has 0 saturated carbocycles. The molecule has 0 aliphatic carbocycles. The van der Waals surface area contributed by atoms with Crippen LogP contribution in [0.3, 0.4) is 0 Å². The molecule has 1 aromatic heterocycles. The van der Waals surface area contributed by atoms with Gasteiger partial charge in [0.2, 0.25) is 0 Å². The Labute approximate surface area is 115 Å². The highest BCUT2D eigenvalue weighted by molar-refractivity contribution is 6.33. The van der Waals surface area contributed by atoms with E-state index in [0.29, 0.717) is 10.7 Å². The SMILES string of the molecule is Fc1ccccc1-n1cc(-c2ccccc2Cl)cn1. The third-order valence-corrected chi connectivity index (χ3v) is 3.20. The van der Waals surface area contributed by atoms with Crippen molar-refractivity contribution >= 4 is 11.6 Å². The first-order valence-corrected chi connectivity index (χ1v) is 6.18. The molecule has 0 aliphatic rings. The minimum atomic E-state index is -0.309. The highest BCUT2D eigenvalue weighted by atomic mass is 35.5. The summed E-state index contributed by atoms with van der Waals surface area (Å²) in [6.45, 7) is 0. The van der Waals surface area contributed by atoms with Crippen LogP contribution >= 0.6 is 11.6 Å². The van der Waals surface area contributed by atoms with Gasteiger partial charge in [-0.25, -0.2) is 9.07 Å². The van der Waals surface area contributed by atoms with Crippen molar-refractivity contribution < 1.29 is 4.39 Å². The molecule has 2 aromatic carbocycles. The zero-order chi connectivity index (χ0) is 13.2. The molecule has 0 bridgehead atoms. The minimum Gasteiger partial charge on any atom is -0.237 e. The summed E-state index contributed by atoms with van der Waals surface area (Å²) in [6.07, 6.45) is 3.44. The van der Waals surface area contributed by atoms with Crippen LogP contribution in [0.25, 0.3) is 16.8 Å². The number of para-hydroxylation sites is 1. The molecule has 2 nitrogen and oxygen atoms in total. The maximum absolute atomic E-state index is 13.7. The van der Waals surface area contributed by atoms with Crippen LogP contribution in [-0.4, -0.2) is 9.78 Å². The first-order chi connectivity index (χ1) is 9.25. The highest BCUT2D eigenvalue weighted by Crippen LogP contribution is 2.27. The third kappa shape index (κ3) is 2.25. The van der Waals surface area contributed by atoms with E-state index < -0.39 is 0 Å². The fourth-order valence-electron chi connectivity index (χ4n) is 1.93. The molecule has 0 saturated heterocycles.